The molecule has 0 aliphatic rings. The molecule has 0 fully saturated rings. The number of halogens is 3. The summed E-state index contributed by atoms with van der Waals surface area (Å²) in [5.74, 6) is 5.22. The number of fused-ring (bicyclic) bond motifs is 1. The smallest absolute Gasteiger partial charge is 0.271 e. The lowest BCUT2D eigenvalue weighted by Crippen LogP contribution is -2.40. The minimum absolute atomic E-state index is 0.247. The molecule has 0 spiro atoms. The van der Waals surface area contributed by atoms with Crippen molar-refractivity contribution in [3.8, 4) is 0 Å². The van der Waals surface area contributed by atoms with Crippen LogP contribution in [-0.2, 0) is 6.42 Å². The van der Waals surface area contributed by atoms with Crippen LogP contribution in [0.4, 0.5) is 13.2 Å². The molecule has 102 valence electrons. The summed E-state index contributed by atoms with van der Waals surface area (Å²) in [6.07, 6.45) is -4.91. The van der Waals surface area contributed by atoms with Crippen LogP contribution in [-0.4, -0.2) is 12.2 Å². The molecule has 19 heavy (non-hydrogen) atoms. The zero-order valence-electron chi connectivity index (χ0n) is 10.2. The van der Waals surface area contributed by atoms with Crippen molar-refractivity contribution in [1.82, 2.24) is 5.43 Å². The normalized spacial score (nSPS) is 13.7. The van der Waals surface area contributed by atoms with Crippen LogP contribution in [0.2, 0.25) is 0 Å². The molecule has 1 unspecified atom stereocenters. The van der Waals surface area contributed by atoms with Gasteiger partial charge in [-0.1, -0.05) is 42.5 Å². The number of nitrogens with one attached hydrogen (secondary N) is 1. The first-order valence-corrected chi connectivity index (χ1v) is 5.99. The van der Waals surface area contributed by atoms with E-state index in [1.165, 1.54) is 0 Å². The zero-order valence-corrected chi connectivity index (χ0v) is 10.2. The molecule has 0 radical (unpaired) electrons. The van der Waals surface area contributed by atoms with Gasteiger partial charge >= 0.3 is 6.18 Å². The fraction of sp³-hybridized carbons (Fsp3) is 0.286. The topological polar surface area (TPSA) is 38.0 Å². The van der Waals surface area contributed by atoms with Crippen LogP contribution in [0.3, 0.4) is 0 Å². The summed E-state index contributed by atoms with van der Waals surface area (Å²) in [5, 5.41) is 1.98. The molecule has 0 aliphatic carbocycles. The Bertz CT molecular complexity index is 546. The average Bonchev–Trinajstić information content (AvgIpc) is 2.37. The molecule has 0 aliphatic heterocycles. The quantitative estimate of drug-likeness (QED) is 0.660. The standard InChI is InChI=1S/C14H15F3N2/c15-14(16,17)9-12(19-18)8-11-6-3-5-10-4-1-2-7-13(10)11/h1-7,12,19H,8-9,18H2. The van der Waals surface area contributed by atoms with Gasteiger partial charge < -0.3 is 0 Å². The molecule has 0 amide bonds. The van der Waals surface area contributed by atoms with E-state index in [1.807, 2.05) is 42.5 Å². The lowest BCUT2D eigenvalue weighted by molar-refractivity contribution is -0.140. The molecule has 0 bridgehead atoms. The van der Waals surface area contributed by atoms with Crippen LogP contribution in [0.15, 0.2) is 42.5 Å². The molecular formula is C14H15F3N2. The lowest BCUT2D eigenvalue weighted by Gasteiger charge is -2.18. The molecule has 0 aromatic heterocycles. The molecule has 2 aromatic rings. The first-order chi connectivity index (χ1) is 8.99. The van der Waals surface area contributed by atoms with Crippen LogP contribution in [0.1, 0.15) is 12.0 Å². The van der Waals surface area contributed by atoms with Gasteiger partial charge in [-0.3, -0.25) is 11.3 Å². The first-order valence-electron chi connectivity index (χ1n) is 5.99. The van der Waals surface area contributed by atoms with Crippen molar-refractivity contribution in [2.45, 2.75) is 25.1 Å². The van der Waals surface area contributed by atoms with Crippen LogP contribution in [0, 0.1) is 0 Å². The summed E-state index contributed by atoms with van der Waals surface area (Å²) >= 11 is 0. The van der Waals surface area contributed by atoms with Crippen molar-refractivity contribution in [2.24, 2.45) is 5.84 Å². The molecule has 3 N–H and O–H groups in total. The highest BCUT2D eigenvalue weighted by Crippen LogP contribution is 2.25. The number of benzene rings is 2. The van der Waals surface area contributed by atoms with E-state index in [9.17, 15) is 13.2 Å². The van der Waals surface area contributed by atoms with Crippen LogP contribution >= 0.6 is 0 Å². The number of alkyl halides is 3. The minimum Gasteiger partial charge on any atom is -0.271 e. The summed E-state index contributed by atoms with van der Waals surface area (Å²) in [6.45, 7) is 0. The maximum absolute atomic E-state index is 12.4. The van der Waals surface area contributed by atoms with Crippen molar-refractivity contribution in [3.05, 3.63) is 48.0 Å². The maximum atomic E-state index is 12.4. The molecule has 1 atom stereocenters. The van der Waals surface area contributed by atoms with E-state index in [1.54, 1.807) is 0 Å². The first kappa shape index (κ1) is 13.8. The Hall–Kier alpha value is -1.59. The Morgan fingerprint density at radius 3 is 2.42 bits per heavy atom. The summed E-state index contributed by atoms with van der Waals surface area (Å²) in [4.78, 5) is 0. The van der Waals surface area contributed by atoms with E-state index in [0.717, 1.165) is 16.3 Å². The number of hydrogen-bond donors (Lipinski definition) is 2. The fourth-order valence-corrected chi connectivity index (χ4v) is 2.21. The van der Waals surface area contributed by atoms with Gasteiger partial charge in [-0.2, -0.15) is 13.2 Å². The molecule has 0 saturated heterocycles. The molecule has 2 nitrogen and oxygen atoms in total. The second kappa shape index (κ2) is 5.59. The maximum Gasteiger partial charge on any atom is 0.390 e. The second-order valence-corrected chi connectivity index (χ2v) is 4.53. The Morgan fingerprint density at radius 2 is 1.74 bits per heavy atom. The van der Waals surface area contributed by atoms with Gasteiger partial charge in [-0.05, 0) is 22.8 Å². The summed E-state index contributed by atoms with van der Waals surface area (Å²) in [6, 6.07) is 12.4. The van der Waals surface area contributed by atoms with Crippen molar-refractivity contribution in [3.63, 3.8) is 0 Å². The van der Waals surface area contributed by atoms with Crippen LogP contribution in [0.5, 0.6) is 0 Å². The van der Waals surface area contributed by atoms with Crippen molar-refractivity contribution < 1.29 is 13.2 Å². The monoisotopic (exact) mass is 268 g/mol. The number of nitrogens with two attached hydrogens (primary N) is 1. The molecular weight excluding hydrogens is 253 g/mol. The lowest BCUT2D eigenvalue weighted by atomic mass is 9.97. The van der Waals surface area contributed by atoms with E-state index < -0.39 is 18.6 Å². The molecule has 2 aromatic carbocycles. The third kappa shape index (κ3) is 3.68. The molecule has 0 heterocycles. The van der Waals surface area contributed by atoms with E-state index in [4.69, 9.17) is 5.84 Å². The SMILES string of the molecule is NNC(Cc1cccc2ccccc12)CC(F)(F)F. The van der Waals surface area contributed by atoms with Gasteiger partial charge in [0, 0.05) is 6.04 Å². The molecule has 2 rings (SSSR count). The van der Waals surface area contributed by atoms with Crippen LogP contribution in [0.25, 0.3) is 10.8 Å². The highest BCUT2D eigenvalue weighted by Gasteiger charge is 2.31. The zero-order chi connectivity index (χ0) is 13.9. The average molecular weight is 268 g/mol. The van der Waals surface area contributed by atoms with E-state index in [0.29, 0.717) is 0 Å². The highest BCUT2D eigenvalue weighted by molar-refractivity contribution is 5.85. The van der Waals surface area contributed by atoms with E-state index in [-0.39, 0.29) is 6.42 Å². The predicted octanol–water partition coefficient (Wildman–Crippen LogP) is 3.17. The molecule has 5 heteroatoms. The Kier molecular flexibility index (Phi) is 4.07. The van der Waals surface area contributed by atoms with E-state index >= 15 is 0 Å². The van der Waals surface area contributed by atoms with Gasteiger partial charge in [0.2, 0.25) is 0 Å². The van der Waals surface area contributed by atoms with Crippen LogP contribution < -0.4 is 11.3 Å². The van der Waals surface area contributed by atoms with Gasteiger partial charge in [0.25, 0.3) is 0 Å². The summed E-state index contributed by atoms with van der Waals surface area (Å²) in [7, 11) is 0. The van der Waals surface area contributed by atoms with Crippen molar-refractivity contribution in [1.29, 1.82) is 0 Å². The summed E-state index contributed by atoms with van der Waals surface area (Å²) in [5.41, 5.74) is 3.12. The van der Waals surface area contributed by atoms with E-state index in [2.05, 4.69) is 5.43 Å². The number of hydrazine groups is 1. The number of hydrogen-bond acceptors (Lipinski definition) is 2. The van der Waals surface area contributed by atoms with Gasteiger partial charge in [-0.25, -0.2) is 0 Å². The highest BCUT2D eigenvalue weighted by atomic mass is 19.4. The van der Waals surface area contributed by atoms with Crippen molar-refractivity contribution >= 4 is 10.8 Å². The Labute approximate surface area is 109 Å². The number of rotatable bonds is 4. The third-order valence-electron chi connectivity index (χ3n) is 3.06. The van der Waals surface area contributed by atoms with Gasteiger partial charge in [0.15, 0.2) is 0 Å². The fourth-order valence-electron chi connectivity index (χ4n) is 2.21. The van der Waals surface area contributed by atoms with Crippen molar-refractivity contribution in [2.75, 3.05) is 0 Å². The minimum atomic E-state index is -4.22. The Balaban J connectivity index is 2.24. The predicted molar refractivity (Wildman–Crippen MR) is 69.4 cm³/mol. The Morgan fingerprint density at radius 1 is 1.05 bits per heavy atom. The summed E-state index contributed by atoms with van der Waals surface area (Å²) < 4.78 is 37.2. The van der Waals surface area contributed by atoms with Gasteiger partial charge in [-0.15, -0.1) is 0 Å². The largest absolute Gasteiger partial charge is 0.390 e. The van der Waals surface area contributed by atoms with Gasteiger partial charge in [0.05, 0.1) is 6.42 Å². The van der Waals surface area contributed by atoms with Gasteiger partial charge in [0.1, 0.15) is 0 Å². The molecule has 0 saturated carbocycles. The third-order valence-corrected chi connectivity index (χ3v) is 3.06. The second-order valence-electron chi connectivity index (χ2n) is 4.53.